The molecule has 2 rings (SSSR count). The maximum atomic E-state index is 10.5. The third-order valence-corrected chi connectivity index (χ3v) is 2.65. The molecule has 1 aromatic carbocycles. The van der Waals surface area contributed by atoms with Gasteiger partial charge >= 0.3 is 0 Å². The first-order valence-electron chi connectivity index (χ1n) is 3.38. The molecule has 1 atom stereocenters. The van der Waals surface area contributed by atoms with Gasteiger partial charge in [0.25, 0.3) is 0 Å². The lowest BCUT2D eigenvalue weighted by Crippen LogP contribution is -2.08. The maximum absolute atomic E-state index is 10.5. The van der Waals surface area contributed by atoms with Crippen molar-refractivity contribution in [2.75, 3.05) is 0 Å². The topological polar surface area (TPSA) is 29.1 Å². The summed E-state index contributed by atoms with van der Waals surface area (Å²) in [5.74, 6) is 0. The molecule has 1 N–H and O–H groups in total. The van der Waals surface area contributed by atoms with Crippen LogP contribution < -0.4 is 4.72 Å². The molecule has 0 saturated carbocycles. The first-order valence-corrected chi connectivity index (χ1v) is 4.20. The molecule has 0 aromatic heterocycles. The average molecular weight is 165 g/mol. The monoisotopic (exact) mass is 165 g/mol. The highest BCUT2D eigenvalue weighted by Crippen LogP contribution is 2.33. The lowest BCUT2D eigenvalue weighted by Gasteiger charge is -1.98. The quantitative estimate of drug-likeness (QED) is 0.505. The summed E-state index contributed by atoms with van der Waals surface area (Å²) in [7, 11) is 0. The number of benzene rings is 1. The second kappa shape index (κ2) is 2.68. The molecule has 0 fully saturated rings. The van der Waals surface area contributed by atoms with Crippen LogP contribution in [-0.2, 0) is 4.79 Å². The van der Waals surface area contributed by atoms with Crippen molar-refractivity contribution >= 4 is 18.2 Å². The molecule has 0 spiro atoms. The Morgan fingerprint density at radius 2 is 2.27 bits per heavy atom. The lowest BCUT2D eigenvalue weighted by molar-refractivity contribution is -0.109. The van der Waals surface area contributed by atoms with E-state index in [1.165, 1.54) is 11.9 Å². The SMILES string of the molecule is O=CC1NSc2ccccc21. The lowest BCUT2D eigenvalue weighted by atomic mass is 10.1. The van der Waals surface area contributed by atoms with Crippen LogP contribution in [0, 0.1) is 0 Å². The largest absolute Gasteiger partial charge is 0.301 e. The summed E-state index contributed by atoms with van der Waals surface area (Å²) in [6.45, 7) is 0. The minimum absolute atomic E-state index is 0.115. The first kappa shape index (κ1) is 6.88. The second-order valence-corrected chi connectivity index (χ2v) is 3.25. The minimum Gasteiger partial charge on any atom is -0.301 e. The van der Waals surface area contributed by atoms with E-state index < -0.39 is 0 Å². The summed E-state index contributed by atoms with van der Waals surface area (Å²) in [5, 5.41) is 0. The highest BCUT2D eigenvalue weighted by Gasteiger charge is 2.20. The standard InChI is InChI=1S/C8H7NOS/c10-5-7-6-3-1-2-4-8(6)11-9-7/h1-5,7,9H. The molecule has 1 unspecified atom stereocenters. The van der Waals surface area contributed by atoms with E-state index in [1.807, 2.05) is 24.3 Å². The van der Waals surface area contributed by atoms with Gasteiger partial charge in [0, 0.05) is 4.90 Å². The Balaban J connectivity index is 2.46. The number of fused-ring (bicyclic) bond motifs is 1. The number of rotatable bonds is 1. The van der Waals surface area contributed by atoms with E-state index in [-0.39, 0.29) is 6.04 Å². The number of hydrogen-bond acceptors (Lipinski definition) is 3. The molecule has 11 heavy (non-hydrogen) atoms. The van der Waals surface area contributed by atoms with Gasteiger partial charge in [-0.05, 0) is 23.6 Å². The molecule has 0 aliphatic carbocycles. The predicted octanol–water partition coefficient (Wildman–Crippen LogP) is 1.54. The molecule has 0 saturated heterocycles. The molecule has 0 radical (unpaired) electrons. The van der Waals surface area contributed by atoms with E-state index in [0.29, 0.717) is 0 Å². The van der Waals surface area contributed by atoms with Gasteiger partial charge in [0.1, 0.15) is 6.29 Å². The Labute approximate surface area is 69.1 Å². The van der Waals surface area contributed by atoms with Gasteiger partial charge in [-0.2, -0.15) is 0 Å². The number of carbonyl (C=O) groups is 1. The summed E-state index contributed by atoms with van der Waals surface area (Å²) < 4.78 is 3.02. The molecule has 0 bridgehead atoms. The number of carbonyl (C=O) groups excluding carboxylic acids is 1. The molecule has 0 amide bonds. The average Bonchev–Trinajstić information content (AvgIpc) is 2.47. The summed E-state index contributed by atoms with van der Waals surface area (Å²) in [4.78, 5) is 11.7. The normalized spacial score (nSPS) is 21.3. The molecular weight excluding hydrogens is 158 g/mol. The highest BCUT2D eigenvalue weighted by molar-refractivity contribution is 7.97. The first-order chi connectivity index (χ1) is 5.42. The van der Waals surface area contributed by atoms with Crippen LogP contribution in [0.2, 0.25) is 0 Å². The van der Waals surface area contributed by atoms with Gasteiger partial charge in [-0.1, -0.05) is 18.2 Å². The van der Waals surface area contributed by atoms with Crippen LogP contribution >= 0.6 is 11.9 Å². The van der Waals surface area contributed by atoms with Crippen molar-refractivity contribution in [3.63, 3.8) is 0 Å². The molecule has 56 valence electrons. The highest BCUT2D eigenvalue weighted by atomic mass is 32.2. The van der Waals surface area contributed by atoms with E-state index >= 15 is 0 Å². The summed E-state index contributed by atoms with van der Waals surface area (Å²) in [6.07, 6.45) is 0.929. The fourth-order valence-electron chi connectivity index (χ4n) is 1.12. The van der Waals surface area contributed by atoms with E-state index in [0.717, 1.165) is 16.7 Å². The van der Waals surface area contributed by atoms with E-state index in [9.17, 15) is 4.79 Å². The maximum Gasteiger partial charge on any atom is 0.142 e. The van der Waals surface area contributed by atoms with Crippen molar-refractivity contribution in [2.24, 2.45) is 0 Å². The van der Waals surface area contributed by atoms with Gasteiger partial charge in [0.05, 0.1) is 6.04 Å². The molecule has 1 heterocycles. The van der Waals surface area contributed by atoms with Gasteiger partial charge < -0.3 is 4.79 Å². The number of nitrogens with one attached hydrogen (secondary N) is 1. The molecule has 1 aliphatic heterocycles. The zero-order valence-corrected chi connectivity index (χ0v) is 6.60. The molecule has 1 aromatic rings. The van der Waals surface area contributed by atoms with Gasteiger partial charge in [-0.25, -0.2) is 4.72 Å². The van der Waals surface area contributed by atoms with Gasteiger partial charge in [0.15, 0.2) is 0 Å². The minimum atomic E-state index is -0.115. The summed E-state index contributed by atoms with van der Waals surface area (Å²) in [6, 6.07) is 7.79. The molecule has 1 aliphatic rings. The van der Waals surface area contributed by atoms with Crippen LogP contribution in [0.3, 0.4) is 0 Å². The fourth-order valence-corrected chi connectivity index (χ4v) is 2.02. The van der Waals surface area contributed by atoms with Crippen LogP contribution in [0.4, 0.5) is 0 Å². The fraction of sp³-hybridized carbons (Fsp3) is 0.125. The Hall–Kier alpha value is -0.800. The van der Waals surface area contributed by atoms with Crippen molar-refractivity contribution in [3.8, 4) is 0 Å². The van der Waals surface area contributed by atoms with E-state index in [2.05, 4.69) is 4.72 Å². The smallest absolute Gasteiger partial charge is 0.142 e. The van der Waals surface area contributed by atoms with E-state index in [4.69, 9.17) is 0 Å². The van der Waals surface area contributed by atoms with Crippen LogP contribution in [0.5, 0.6) is 0 Å². The second-order valence-electron chi connectivity index (χ2n) is 2.37. The Bertz CT molecular complexity index is 287. The van der Waals surface area contributed by atoms with Crippen LogP contribution in [0.25, 0.3) is 0 Å². The van der Waals surface area contributed by atoms with Crippen molar-refractivity contribution in [3.05, 3.63) is 29.8 Å². The van der Waals surface area contributed by atoms with Gasteiger partial charge in [-0.15, -0.1) is 0 Å². The third kappa shape index (κ3) is 1.06. The van der Waals surface area contributed by atoms with Crippen LogP contribution in [0.15, 0.2) is 29.2 Å². The van der Waals surface area contributed by atoms with Crippen molar-refractivity contribution in [2.45, 2.75) is 10.9 Å². The van der Waals surface area contributed by atoms with Crippen molar-refractivity contribution in [1.82, 2.24) is 4.72 Å². The molecular formula is C8H7NOS. The van der Waals surface area contributed by atoms with Crippen LogP contribution in [-0.4, -0.2) is 6.29 Å². The number of aldehydes is 1. The zero-order chi connectivity index (χ0) is 7.68. The summed E-state index contributed by atoms with van der Waals surface area (Å²) >= 11 is 1.52. The van der Waals surface area contributed by atoms with E-state index in [1.54, 1.807) is 0 Å². The Kier molecular flexibility index (Phi) is 1.68. The third-order valence-electron chi connectivity index (χ3n) is 1.69. The number of hydrogen-bond donors (Lipinski definition) is 1. The predicted molar refractivity (Wildman–Crippen MR) is 44.2 cm³/mol. The van der Waals surface area contributed by atoms with Gasteiger partial charge in [-0.3, -0.25) is 0 Å². The van der Waals surface area contributed by atoms with Crippen molar-refractivity contribution < 1.29 is 4.79 Å². The van der Waals surface area contributed by atoms with Crippen molar-refractivity contribution in [1.29, 1.82) is 0 Å². The molecule has 3 heteroatoms. The summed E-state index contributed by atoms with van der Waals surface area (Å²) in [5.41, 5.74) is 1.09. The van der Waals surface area contributed by atoms with Gasteiger partial charge in [0.2, 0.25) is 0 Å². The Morgan fingerprint density at radius 1 is 1.45 bits per heavy atom. The Morgan fingerprint density at radius 3 is 3.09 bits per heavy atom. The molecule has 2 nitrogen and oxygen atoms in total. The zero-order valence-electron chi connectivity index (χ0n) is 5.78. The van der Waals surface area contributed by atoms with Crippen LogP contribution in [0.1, 0.15) is 11.6 Å².